The minimum atomic E-state index is -4.62. The molecule has 0 N–H and O–H groups in total. The lowest BCUT2D eigenvalue weighted by Crippen LogP contribution is -2.39. The molecule has 10 heteroatoms. The maximum atomic E-state index is 13.1. The van der Waals surface area contributed by atoms with Crippen LogP contribution in [0.2, 0.25) is 0 Å². The van der Waals surface area contributed by atoms with Crippen LogP contribution in [-0.4, -0.2) is 49.3 Å². The first kappa shape index (κ1) is 23.3. The molecule has 1 heterocycles. The van der Waals surface area contributed by atoms with Gasteiger partial charge in [0.15, 0.2) is 0 Å². The van der Waals surface area contributed by atoms with E-state index in [2.05, 4.69) is 0 Å². The number of amides is 1. The molecule has 1 aliphatic rings. The summed E-state index contributed by atoms with van der Waals surface area (Å²) in [4.78, 5) is 13.4. The van der Waals surface area contributed by atoms with E-state index in [1.54, 1.807) is 0 Å². The fraction of sp³-hybridized carbons (Fsp3) is 0.476. The summed E-state index contributed by atoms with van der Waals surface area (Å²) in [6.45, 7) is -1.87. The zero-order valence-corrected chi connectivity index (χ0v) is 18.0. The number of nitrogens with zero attached hydrogens (tertiary/aromatic N) is 2. The van der Waals surface area contributed by atoms with Crippen molar-refractivity contribution in [1.82, 2.24) is 9.21 Å². The third-order valence-electron chi connectivity index (χ3n) is 5.43. The molecule has 1 amide bonds. The van der Waals surface area contributed by atoms with Gasteiger partial charge in [0.25, 0.3) is 5.91 Å². The summed E-state index contributed by atoms with van der Waals surface area (Å²) in [5, 5.41) is 0. The molecule has 2 aromatic rings. The van der Waals surface area contributed by atoms with Gasteiger partial charge < -0.3 is 9.32 Å². The van der Waals surface area contributed by atoms with Crippen molar-refractivity contribution < 1.29 is 30.8 Å². The second-order valence-electron chi connectivity index (χ2n) is 7.70. The van der Waals surface area contributed by atoms with Crippen molar-refractivity contribution in [3.63, 3.8) is 0 Å². The summed E-state index contributed by atoms with van der Waals surface area (Å²) in [5.41, 5.74) is -0.131. The summed E-state index contributed by atoms with van der Waals surface area (Å²) in [7, 11) is -2.38. The number of benzene rings is 1. The van der Waals surface area contributed by atoms with E-state index < -0.39 is 28.7 Å². The van der Waals surface area contributed by atoms with Gasteiger partial charge >= 0.3 is 6.18 Å². The molecule has 0 aliphatic heterocycles. The second-order valence-corrected chi connectivity index (χ2v) is 9.69. The highest BCUT2D eigenvalue weighted by atomic mass is 32.2. The van der Waals surface area contributed by atoms with Crippen LogP contribution in [0.15, 0.2) is 52.0 Å². The van der Waals surface area contributed by atoms with Crippen LogP contribution in [0.5, 0.6) is 0 Å². The molecule has 31 heavy (non-hydrogen) atoms. The van der Waals surface area contributed by atoms with Gasteiger partial charge in [-0.2, -0.15) is 17.5 Å². The van der Waals surface area contributed by atoms with Crippen molar-refractivity contribution in [2.75, 3.05) is 13.6 Å². The summed E-state index contributed by atoms with van der Waals surface area (Å²) >= 11 is 0. The van der Waals surface area contributed by atoms with Crippen LogP contribution >= 0.6 is 0 Å². The van der Waals surface area contributed by atoms with Crippen molar-refractivity contribution in [3.05, 3.63) is 54.0 Å². The molecule has 6 nitrogen and oxygen atoms in total. The number of carbonyl (C=O) groups is 1. The lowest BCUT2D eigenvalue weighted by atomic mass is 9.96. The standard InChI is InChI=1S/C21H25F3N2O4S/c1-25(17-8-3-2-4-9-17)31(28,29)19-11-5-7-16(13-19)20(27)26(15-21(22,23)24)14-18-10-6-12-30-18/h5-7,10-13,17H,2-4,8-9,14-15H2,1H3. The zero-order chi connectivity index (χ0) is 22.6. The van der Waals surface area contributed by atoms with Crippen LogP contribution in [0.25, 0.3) is 0 Å². The predicted octanol–water partition coefficient (Wildman–Crippen LogP) is 4.44. The van der Waals surface area contributed by atoms with Crippen LogP contribution in [0.3, 0.4) is 0 Å². The average molecular weight is 459 g/mol. The second kappa shape index (κ2) is 9.44. The minimum Gasteiger partial charge on any atom is -0.467 e. The number of hydrogen-bond acceptors (Lipinski definition) is 4. The van der Waals surface area contributed by atoms with Crippen LogP contribution in [0, 0.1) is 0 Å². The Morgan fingerprint density at radius 2 is 1.84 bits per heavy atom. The third-order valence-corrected chi connectivity index (χ3v) is 7.34. The maximum absolute atomic E-state index is 13.1. The van der Waals surface area contributed by atoms with E-state index in [0.717, 1.165) is 38.2 Å². The predicted molar refractivity (Wildman–Crippen MR) is 108 cm³/mol. The van der Waals surface area contributed by atoms with Gasteiger partial charge in [-0.25, -0.2) is 8.42 Å². The van der Waals surface area contributed by atoms with Gasteiger partial charge in [-0.15, -0.1) is 0 Å². The number of furan rings is 1. The molecule has 1 aliphatic carbocycles. The Balaban J connectivity index is 1.86. The van der Waals surface area contributed by atoms with Crippen LogP contribution in [0.4, 0.5) is 13.2 Å². The lowest BCUT2D eigenvalue weighted by molar-refractivity contribution is -0.142. The molecule has 0 radical (unpaired) electrons. The topological polar surface area (TPSA) is 70.8 Å². The molecule has 1 fully saturated rings. The lowest BCUT2D eigenvalue weighted by Gasteiger charge is -2.30. The Labute approximate surface area is 179 Å². The van der Waals surface area contributed by atoms with Gasteiger partial charge in [-0.05, 0) is 43.2 Å². The van der Waals surface area contributed by atoms with E-state index in [-0.39, 0.29) is 28.8 Å². The largest absolute Gasteiger partial charge is 0.467 e. The molecule has 1 aromatic carbocycles. The monoisotopic (exact) mass is 458 g/mol. The molecule has 1 aromatic heterocycles. The Hall–Kier alpha value is -2.33. The van der Waals surface area contributed by atoms with E-state index in [9.17, 15) is 26.4 Å². The highest BCUT2D eigenvalue weighted by molar-refractivity contribution is 7.89. The molecule has 3 rings (SSSR count). The van der Waals surface area contributed by atoms with Crippen LogP contribution in [0.1, 0.15) is 48.2 Å². The molecule has 0 bridgehead atoms. The Bertz CT molecular complexity index is 984. The molecule has 170 valence electrons. The molecule has 0 unspecified atom stereocenters. The molecule has 1 saturated carbocycles. The van der Waals surface area contributed by atoms with E-state index >= 15 is 0 Å². The number of rotatable bonds is 7. The fourth-order valence-corrected chi connectivity index (χ4v) is 5.25. The maximum Gasteiger partial charge on any atom is 0.406 e. The van der Waals surface area contributed by atoms with E-state index in [1.165, 1.54) is 47.9 Å². The van der Waals surface area contributed by atoms with E-state index in [1.807, 2.05) is 0 Å². The molecule has 0 spiro atoms. The van der Waals surface area contributed by atoms with Crippen molar-refractivity contribution in [2.45, 2.75) is 55.8 Å². The normalized spacial score (nSPS) is 15.9. The first-order chi connectivity index (χ1) is 14.6. The van der Waals surface area contributed by atoms with Gasteiger partial charge in [-0.1, -0.05) is 25.3 Å². The number of carbonyl (C=O) groups excluding carboxylic acids is 1. The van der Waals surface area contributed by atoms with Crippen molar-refractivity contribution in [1.29, 1.82) is 0 Å². The van der Waals surface area contributed by atoms with Crippen LogP contribution < -0.4 is 0 Å². The SMILES string of the molecule is CN(C1CCCCC1)S(=O)(=O)c1cccc(C(=O)N(Cc2ccco2)CC(F)(F)F)c1. The van der Waals surface area contributed by atoms with Crippen LogP contribution in [-0.2, 0) is 16.6 Å². The van der Waals surface area contributed by atoms with Crippen molar-refractivity contribution in [3.8, 4) is 0 Å². The Morgan fingerprint density at radius 1 is 1.13 bits per heavy atom. The third kappa shape index (κ3) is 5.88. The first-order valence-corrected chi connectivity index (χ1v) is 11.5. The summed E-state index contributed by atoms with van der Waals surface area (Å²) in [6, 6.07) is 8.03. The number of sulfonamides is 1. The summed E-state index contributed by atoms with van der Waals surface area (Å²) < 4.78 is 71.7. The van der Waals surface area contributed by atoms with E-state index in [4.69, 9.17) is 4.42 Å². The highest BCUT2D eigenvalue weighted by Crippen LogP contribution is 2.27. The van der Waals surface area contributed by atoms with Gasteiger partial charge in [0.05, 0.1) is 17.7 Å². The highest BCUT2D eigenvalue weighted by Gasteiger charge is 2.35. The Kier molecular flexibility index (Phi) is 7.10. The van der Waals surface area contributed by atoms with Gasteiger partial charge in [-0.3, -0.25) is 4.79 Å². The number of hydrogen-bond donors (Lipinski definition) is 0. The zero-order valence-electron chi connectivity index (χ0n) is 17.1. The summed E-state index contributed by atoms with van der Waals surface area (Å²) in [5.74, 6) is -0.732. The molecule has 0 atom stereocenters. The first-order valence-electron chi connectivity index (χ1n) is 10.0. The smallest absolute Gasteiger partial charge is 0.406 e. The van der Waals surface area contributed by atoms with Gasteiger partial charge in [0, 0.05) is 18.7 Å². The quantitative estimate of drug-likeness (QED) is 0.615. The Morgan fingerprint density at radius 3 is 2.45 bits per heavy atom. The van der Waals surface area contributed by atoms with Crippen molar-refractivity contribution >= 4 is 15.9 Å². The summed E-state index contributed by atoms with van der Waals surface area (Å²) in [6.07, 6.45) is 1.17. The molecule has 0 saturated heterocycles. The minimum absolute atomic E-state index is 0.114. The number of alkyl halides is 3. The fourth-order valence-electron chi connectivity index (χ4n) is 3.79. The van der Waals surface area contributed by atoms with E-state index in [0.29, 0.717) is 4.90 Å². The molecular weight excluding hydrogens is 433 g/mol. The van der Waals surface area contributed by atoms with Gasteiger partial charge in [0.2, 0.25) is 10.0 Å². The van der Waals surface area contributed by atoms with Gasteiger partial charge in [0.1, 0.15) is 12.3 Å². The number of halogens is 3. The average Bonchev–Trinajstić information content (AvgIpc) is 3.25. The van der Waals surface area contributed by atoms with Crippen molar-refractivity contribution in [2.24, 2.45) is 0 Å². The molecular formula is C21H25F3N2O4S.